The zero-order chi connectivity index (χ0) is 21.9. The molecule has 0 radical (unpaired) electrons. The largest absolute Gasteiger partial charge is 0.330 e. The van der Waals surface area contributed by atoms with E-state index < -0.39 is 0 Å². The molecule has 1 saturated heterocycles. The third-order valence-corrected chi connectivity index (χ3v) is 5.84. The summed E-state index contributed by atoms with van der Waals surface area (Å²) >= 11 is 6.13. The molecule has 8 heteroatoms. The van der Waals surface area contributed by atoms with Crippen molar-refractivity contribution >= 4 is 17.5 Å². The number of carbonyl (C=O) groups excluding carboxylic acids is 1. The lowest BCUT2D eigenvalue weighted by molar-refractivity contribution is 0.0732. The Hall–Kier alpha value is -3.58. The molecule has 0 aliphatic carbocycles. The van der Waals surface area contributed by atoms with E-state index in [1.807, 2.05) is 59.5 Å². The molecule has 7 nitrogen and oxygen atoms in total. The third kappa shape index (κ3) is 4.24. The number of hydrogen-bond acceptors (Lipinski definition) is 5. The van der Waals surface area contributed by atoms with Crippen LogP contribution in [-0.4, -0.2) is 42.1 Å². The molecule has 0 unspecified atom stereocenters. The SMILES string of the molecule is O=C(c1cccc(Cn2cncn2)c1)N1CCC[C@@H]1c1ccnc(-c2cccc(Cl)c2)n1. The Labute approximate surface area is 190 Å². The topological polar surface area (TPSA) is 76.8 Å². The van der Waals surface area contributed by atoms with Gasteiger partial charge in [-0.25, -0.2) is 19.6 Å². The Morgan fingerprint density at radius 2 is 2.03 bits per heavy atom. The summed E-state index contributed by atoms with van der Waals surface area (Å²) in [4.78, 5) is 28.5. The van der Waals surface area contributed by atoms with Crippen LogP contribution in [0.15, 0.2) is 73.4 Å². The lowest BCUT2D eigenvalue weighted by atomic mass is 10.1. The van der Waals surface area contributed by atoms with Gasteiger partial charge in [-0.1, -0.05) is 35.9 Å². The fraction of sp³-hybridized carbons (Fsp3) is 0.208. The molecule has 0 N–H and O–H groups in total. The number of rotatable bonds is 5. The van der Waals surface area contributed by atoms with Crippen LogP contribution in [0.1, 0.15) is 40.5 Å². The van der Waals surface area contributed by atoms with Crippen LogP contribution in [0.4, 0.5) is 0 Å². The summed E-state index contributed by atoms with van der Waals surface area (Å²) in [5, 5.41) is 4.78. The van der Waals surface area contributed by atoms with Crippen LogP contribution in [0.3, 0.4) is 0 Å². The predicted molar refractivity (Wildman–Crippen MR) is 121 cm³/mol. The second-order valence-electron chi connectivity index (χ2n) is 7.77. The summed E-state index contributed by atoms with van der Waals surface area (Å²) in [6, 6.07) is 17.0. The minimum Gasteiger partial charge on any atom is -0.330 e. The standard InChI is InChI=1S/C24H21ClN6O/c25-20-7-2-5-18(13-20)23-27-10-9-21(29-23)22-8-3-11-31(22)24(32)19-6-1-4-17(12-19)14-30-16-26-15-28-30/h1-2,4-7,9-10,12-13,15-16,22H,3,8,11,14H2/t22-/m1/s1. The lowest BCUT2D eigenvalue weighted by Gasteiger charge is -2.25. The molecule has 0 saturated carbocycles. The van der Waals surface area contributed by atoms with E-state index in [9.17, 15) is 4.79 Å². The van der Waals surface area contributed by atoms with Gasteiger partial charge in [-0.15, -0.1) is 0 Å². The van der Waals surface area contributed by atoms with Crippen molar-refractivity contribution in [3.63, 3.8) is 0 Å². The molecule has 1 aliphatic rings. The molecule has 4 aromatic rings. The van der Waals surface area contributed by atoms with Gasteiger partial charge >= 0.3 is 0 Å². The molecule has 0 bridgehead atoms. The molecular weight excluding hydrogens is 424 g/mol. The molecule has 2 aromatic carbocycles. The first-order chi connectivity index (χ1) is 15.7. The highest BCUT2D eigenvalue weighted by Gasteiger charge is 2.32. The maximum atomic E-state index is 13.4. The van der Waals surface area contributed by atoms with Crippen molar-refractivity contribution < 1.29 is 4.79 Å². The number of hydrogen-bond donors (Lipinski definition) is 0. The van der Waals surface area contributed by atoms with Gasteiger partial charge in [-0.2, -0.15) is 5.10 Å². The van der Waals surface area contributed by atoms with Gasteiger partial charge in [0.1, 0.15) is 12.7 Å². The number of halogens is 1. The maximum absolute atomic E-state index is 13.4. The van der Waals surface area contributed by atoms with Crippen molar-refractivity contribution in [2.75, 3.05) is 6.54 Å². The van der Waals surface area contributed by atoms with Gasteiger partial charge in [-0.3, -0.25) is 4.79 Å². The van der Waals surface area contributed by atoms with E-state index in [2.05, 4.69) is 15.1 Å². The van der Waals surface area contributed by atoms with Crippen LogP contribution in [0, 0.1) is 0 Å². The minimum atomic E-state index is -0.0811. The van der Waals surface area contributed by atoms with Crippen molar-refractivity contribution in [1.29, 1.82) is 0 Å². The van der Waals surface area contributed by atoms with E-state index in [1.165, 1.54) is 6.33 Å². The Morgan fingerprint density at radius 3 is 2.88 bits per heavy atom. The van der Waals surface area contributed by atoms with E-state index in [0.717, 1.165) is 29.7 Å². The smallest absolute Gasteiger partial charge is 0.254 e. The first-order valence-electron chi connectivity index (χ1n) is 10.5. The minimum absolute atomic E-state index is 0.0101. The summed E-state index contributed by atoms with van der Waals surface area (Å²) in [5.41, 5.74) is 3.37. The molecule has 1 fully saturated rings. The number of nitrogens with zero attached hydrogens (tertiary/aromatic N) is 6. The van der Waals surface area contributed by atoms with Gasteiger partial charge in [0.05, 0.1) is 18.3 Å². The quantitative estimate of drug-likeness (QED) is 0.455. The lowest BCUT2D eigenvalue weighted by Crippen LogP contribution is -2.31. The Morgan fingerprint density at radius 1 is 1.12 bits per heavy atom. The first kappa shape index (κ1) is 20.3. The monoisotopic (exact) mass is 444 g/mol. The zero-order valence-corrected chi connectivity index (χ0v) is 18.1. The van der Waals surface area contributed by atoms with E-state index in [1.54, 1.807) is 17.2 Å². The van der Waals surface area contributed by atoms with Crippen molar-refractivity contribution in [2.24, 2.45) is 0 Å². The van der Waals surface area contributed by atoms with Crippen LogP contribution in [0.5, 0.6) is 0 Å². The molecule has 1 amide bonds. The average Bonchev–Trinajstić information content (AvgIpc) is 3.51. The fourth-order valence-corrected chi connectivity index (χ4v) is 4.30. The van der Waals surface area contributed by atoms with Crippen molar-refractivity contribution in [2.45, 2.75) is 25.4 Å². The van der Waals surface area contributed by atoms with Gasteiger partial charge in [-0.05, 0) is 48.7 Å². The van der Waals surface area contributed by atoms with E-state index in [0.29, 0.717) is 29.5 Å². The molecule has 1 atom stereocenters. The molecule has 5 rings (SSSR count). The maximum Gasteiger partial charge on any atom is 0.254 e. The molecular formula is C24H21ClN6O. The van der Waals surface area contributed by atoms with E-state index in [4.69, 9.17) is 16.6 Å². The molecule has 0 spiro atoms. The normalized spacial score (nSPS) is 15.8. The first-order valence-corrected chi connectivity index (χ1v) is 10.9. The highest BCUT2D eigenvalue weighted by molar-refractivity contribution is 6.30. The second kappa shape index (κ2) is 8.88. The Kier molecular flexibility index (Phi) is 5.64. The van der Waals surface area contributed by atoms with Gasteiger partial charge in [0.2, 0.25) is 0 Å². The van der Waals surface area contributed by atoms with E-state index >= 15 is 0 Å². The molecule has 1 aliphatic heterocycles. The molecule has 2 aromatic heterocycles. The molecule has 3 heterocycles. The van der Waals surface area contributed by atoms with Gasteiger partial charge in [0.15, 0.2) is 5.82 Å². The summed E-state index contributed by atoms with van der Waals surface area (Å²) in [6.45, 7) is 1.27. The van der Waals surface area contributed by atoms with Crippen LogP contribution in [0.2, 0.25) is 5.02 Å². The summed E-state index contributed by atoms with van der Waals surface area (Å²) in [6.07, 6.45) is 6.72. The van der Waals surface area contributed by atoms with Crippen LogP contribution in [0.25, 0.3) is 11.4 Å². The van der Waals surface area contributed by atoms with Crippen LogP contribution in [-0.2, 0) is 6.54 Å². The second-order valence-corrected chi connectivity index (χ2v) is 8.20. The van der Waals surface area contributed by atoms with Crippen molar-refractivity contribution in [3.05, 3.63) is 95.3 Å². The van der Waals surface area contributed by atoms with E-state index in [-0.39, 0.29) is 11.9 Å². The van der Waals surface area contributed by atoms with Crippen molar-refractivity contribution in [1.82, 2.24) is 29.6 Å². The molecule has 160 valence electrons. The van der Waals surface area contributed by atoms with Gasteiger partial charge in [0.25, 0.3) is 5.91 Å². The number of carbonyl (C=O) groups is 1. The number of aromatic nitrogens is 5. The van der Waals surface area contributed by atoms with Crippen molar-refractivity contribution in [3.8, 4) is 11.4 Å². The van der Waals surface area contributed by atoms with Gasteiger partial charge in [0, 0.05) is 28.9 Å². The number of amides is 1. The summed E-state index contributed by atoms with van der Waals surface area (Å²) in [5.74, 6) is 0.620. The highest BCUT2D eigenvalue weighted by Crippen LogP contribution is 2.33. The number of benzene rings is 2. The summed E-state index contributed by atoms with van der Waals surface area (Å²) in [7, 11) is 0. The highest BCUT2D eigenvalue weighted by atomic mass is 35.5. The zero-order valence-electron chi connectivity index (χ0n) is 17.3. The van der Waals surface area contributed by atoms with Gasteiger partial charge < -0.3 is 4.90 Å². The van der Waals surface area contributed by atoms with Crippen LogP contribution >= 0.6 is 11.6 Å². The Bertz CT molecular complexity index is 1240. The molecule has 32 heavy (non-hydrogen) atoms. The van der Waals surface area contributed by atoms with Crippen LogP contribution < -0.4 is 0 Å². The Balaban J connectivity index is 1.39. The summed E-state index contributed by atoms with van der Waals surface area (Å²) < 4.78 is 1.74. The third-order valence-electron chi connectivity index (χ3n) is 5.60. The average molecular weight is 445 g/mol. The fourth-order valence-electron chi connectivity index (χ4n) is 4.11. The number of likely N-dealkylation sites (tertiary alicyclic amines) is 1. The predicted octanol–water partition coefficient (Wildman–Crippen LogP) is 4.41.